The van der Waals surface area contributed by atoms with Gasteiger partial charge in [0.15, 0.2) is 11.9 Å². The second-order valence-corrected chi connectivity index (χ2v) is 10.5. The van der Waals surface area contributed by atoms with Gasteiger partial charge in [-0.15, -0.1) is 0 Å². The first-order valence-corrected chi connectivity index (χ1v) is 12.9. The van der Waals surface area contributed by atoms with Crippen LogP contribution in [0.2, 0.25) is 10.0 Å². The summed E-state index contributed by atoms with van der Waals surface area (Å²) in [5, 5.41) is 10.4. The molecule has 1 aromatic carbocycles. The lowest BCUT2D eigenvalue weighted by atomic mass is 9.99. The Bertz CT molecular complexity index is 1610. The summed E-state index contributed by atoms with van der Waals surface area (Å²) >= 11 is 12.5. The number of carboxylic acids is 1. The maximum absolute atomic E-state index is 14.1. The van der Waals surface area contributed by atoms with Crippen LogP contribution in [0.4, 0.5) is 5.69 Å². The fourth-order valence-corrected chi connectivity index (χ4v) is 5.52. The molecule has 0 fully saturated rings. The molecule has 2 aliphatic heterocycles. The fraction of sp³-hybridized carbons (Fsp3) is 0.296. The number of carbonyl (C=O) groups is 2. The molecule has 4 heterocycles. The number of aryl methyl sites for hydroxylation is 1. The lowest BCUT2D eigenvalue weighted by Crippen LogP contribution is -2.36. The lowest BCUT2D eigenvalue weighted by Gasteiger charge is -2.30. The van der Waals surface area contributed by atoms with Gasteiger partial charge in [0, 0.05) is 37.6 Å². The topological polar surface area (TPSA) is 119 Å². The zero-order chi connectivity index (χ0) is 28.2. The minimum atomic E-state index is -1.13. The molecule has 2 aliphatic rings. The van der Waals surface area contributed by atoms with Crippen molar-refractivity contribution in [1.29, 1.82) is 0 Å². The van der Waals surface area contributed by atoms with E-state index in [9.17, 15) is 19.5 Å². The third-order valence-corrected chi connectivity index (χ3v) is 7.28. The second-order valence-electron chi connectivity index (χ2n) is 9.61. The second kappa shape index (κ2) is 10.1. The standard InChI is InChI=1S/C27H25Cl2N5O5/c1-13(2)33-22-20(31-23(33)18-9-15(27(37)38)11-30-24(18)39-4)26(36)34(19-10-17(29)12-32(3)25(19)35)21(22)14-5-7-16(28)8-6-14/h5-13,18,21,24H,1-4H3,(H,37,38)/t18?,21-,24?/m0/s1. The molecule has 10 nitrogen and oxygen atoms in total. The van der Waals surface area contributed by atoms with Crippen LogP contribution in [-0.4, -0.2) is 50.7 Å². The predicted molar refractivity (Wildman–Crippen MR) is 147 cm³/mol. The number of fused-ring (bicyclic) bond motifs is 1. The number of imidazole rings is 1. The van der Waals surface area contributed by atoms with E-state index in [4.69, 9.17) is 32.9 Å². The number of hydrogen-bond acceptors (Lipinski definition) is 6. The Labute approximate surface area is 233 Å². The molecule has 202 valence electrons. The van der Waals surface area contributed by atoms with Crippen LogP contribution in [0, 0.1) is 0 Å². The van der Waals surface area contributed by atoms with Crippen molar-refractivity contribution in [3.63, 3.8) is 0 Å². The maximum atomic E-state index is 14.1. The highest BCUT2D eigenvalue weighted by Crippen LogP contribution is 2.44. The van der Waals surface area contributed by atoms with Gasteiger partial charge in [0.2, 0.25) is 0 Å². The van der Waals surface area contributed by atoms with Gasteiger partial charge >= 0.3 is 5.97 Å². The van der Waals surface area contributed by atoms with Crippen LogP contribution in [-0.2, 0) is 16.6 Å². The van der Waals surface area contributed by atoms with Crippen LogP contribution in [0.1, 0.15) is 59.4 Å². The molecule has 3 atom stereocenters. The quantitative estimate of drug-likeness (QED) is 0.470. The highest BCUT2D eigenvalue weighted by molar-refractivity contribution is 6.31. The Morgan fingerprint density at radius 2 is 1.82 bits per heavy atom. The molecule has 12 heteroatoms. The van der Waals surface area contributed by atoms with Gasteiger partial charge in [-0.05, 0) is 37.6 Å². The average Bonchev–Trinajstić information content (AvgIpc) is 3.41. The first-order chi connectivity index (χ1) is 18.5. The van der Waals surface area contributed by atoms with Crippen molar-refractivity contribution in [3.8, 4) is 0 Å². The van der Waals surface area contributed by atoms with Gasteiger partial charge in [-0.2, -0.15) is 0 Å². The molecule has 0 saturated carbocycles. The Balaban J connectivity index is 1.78. The monoisotopic (exact) mass is 569 g/mol. The van der Waals surface area contributed by atoms with Crippen molar-refractivity contribution in [1.82, 2.24) is 14.1 Å². The van der Waals surface area contributed by atoms with Crippen LogP contribution in [0.25, 0.3) is 0 Å². The number of hydrogen-bond donors (Lipinski definition) is 1. The third kappa shape index (κ3) is 4.48. The molecule has 2 unspecified atom stereocenters. The normalized spacial score (nSPS) is 20.5. The van der Waals surface area contributed by atoms with Gasteiger partial charge in [-0.1, -0.05) is 41.4 Å². The van der Waals surface area contributed by atoms with Gasteiger partial charge in [0.25, 0.3) is 11.5 Å². The number of nitrogens with zero attached hydrogens (tertiary/aromatic N) is 5. The first kappa shape index (κ1) is 26.9. The number of halogens is 2. The molecule has 39 heavy (non-hydrogen) atoms. The Hall–Kier alpha value is -3.73. The number of aromatic nitrogens is 3. The number of carbonyl (C=O) groups excluding carboxylic acids is 1. The fourth-order valence-electron chi connectivity index (χ4n) is 5.14. The lowest BCUT2D eigenvalue weighted by molar-refractivity contribution is -0.132. The van der Waals surface area contributed by atoms with Crippen LogP contribution in [0.15, 0.2) is 58.0 Å². The third-order valence-electron chi connectivity index (χ3n) is 6.82. The van der Waals surface area contributed by atoms with E-state index in [0.29, 0.717) is 27.1 Å². The van der Waals surface area contributed by atoms with Crippen molar-refractivity contribution < 1.29 is 19.4 Å². The summed E-state index contributed by atoms with van der Waals surface area (Å²) in [5.41, 5.74) is 1.11. The molecular formula is C27H25Cl2N5O5. The van der Waals surface area contributed by atoms with Crippen LogP contribution in [0.5, 0.6) is 0 Å². The molecule has 2 aromatic heterocycles. The van der Waals surface area contributed by atoms with E-state index < -0.39 is 35.6 Å². The van der Waals surface area contributed by atoms with Crippen LogP contribution >= 0.6 is 23.2 Å². The highest BCUT2D eigenvalue weighted by Gasteiger charge is 2.47. The van der Waals surface area contributed by atoms with Gasteiger partial charge in [-0.25, -0.2) is 9.78 Å². The minimum Gasteiger partial charge on any atom is -0.478 e. The molecule has 0 bridgehead atoms. The summed E-state index contributed by atoms with van der Waals surface area (Å²) in [4.78, 5) is 49.5. The molecule has 0 radical (unpaired) electrons. The van der Waals surface area contributed by atoms with Gasteiger partial charge in [0.1, 0.15) is 17.6 Å². The Morgan fingerprint density at radius 3 is 2.44 bits per heavy atom. The summed E-state index contributed by atoms with van der Waals surface area (Å²) in [7, 11) is 3.04. The maximum Gasteiger partial charge on any atom is 0.336 e. The number of amides is 1. The number of methoxy groups -OCH3 is 1. The molecule has 0 saturated heterocycles. The van der Waals surface area contributed by atoms with E-state index in [1.807, 2.05) is 18.4 Å². The van der Waals surface area contributed by atoms with Crippen LogP contribution in [0.3, 0.4) is 0 Å². The molecular weight excluding hydrogens is 545 g/mol. The number of rotatable bonds is 6. The van der Waals surface area contributed by atoms with Crippen molar-refractivity contribution in [2.24, 2.45) is 12.0 Å². The van der Waals surface area contributed by atoms with E-state index in [1.54, 1.807) is 31.3 Å². The van der Waals surface area contributed by atoms with Gasteiger partial charge < -0.3 is 19.0 Å². The summed E-state index contributed by atoms with van der Waals surface area (Å²) in [6.45, 7) is 3.87. The molecule has 5 rings (SSSR count). The van der Waals surface area contributed by atoms with Gasteiger partial charge in [-0.3, -0.25) is 19.5 Å². The highest BCUT2D eigenvalue weighted by atomic mass is 35.5. The van der Waals surface area contributed by atoms with Crippen molar-refractivity contribution >= 4 is 47.0 Å². The number of ether oxygens (including phenoxy) is 1. The predicted octanol–water partition coefficient (Wildman–Crippen LogP) is 4.37. The average molecular weight is 570 g/mol. The smallest absolute Gasteiger partial charge is 0.336 e. The molecule has 1 N–H and O–H groups in total. The first-order valence-electron chi connectivity index (χ1n) is 12.1. The van der Waals surface area contributed by atoms with Crippen molar-refractivity contribution in [3.05, 3.63) is 91.4 Å². The number of carboxylic acid groups (broad SMARTS) is 1. The van der Waals surface area contributed by atoms with Gasteiger partial charge in [0.05, 0.1) is 22.2 Å². The minimum absolute atomic E-state index is 0.00334. The number of dihydropyridines is 1. The summed E-state index contributed by atoms with van der Waals surface area (Å²) in [6, 6.07) is 7.53. The van der Waals surface area contributed by atoms with E-state index in [2.05, 4.69) is 4.99 Å². The zero-order valence-electron chi connectivity index (χ0n) is 21.5. The molecule has 1 amide bonds. The number of aliphatic imine (C=N–C) groups is 1. The Morgan fingerprint density at radius 1 is 1.13 bits per heavy atom. The van der Waals surface area contributed by atoms with Crippen molar-refractivity contribution in [2.45, 2.75) is 38.1 Å². The number of anilines is 1. The summed E-state index contributed by atoms with van der Waals surface area (Å²) < 4.78 is 8.77. The largest absolute Gasteiger partial charge is 0.478 e. The van der Waals surface area contributed by atoms with E-state index in [0.717, 1.165) is 0 Å². The number of pyridine rings is 1. The molecule has 3 aromatic rings. The van der Waals surface area contributed by atoms with E-state index in [1.165, 1.54) is 41.1 Å². The number of aliphatic carboxylic acids is 1. The van der Waals surface area contributed by atoms with E-state index >= 15 is 0 Å². The zero-order valence-corrected chi connectivity index (χ0v) is 23.0. The Kier molecular flexibility index (Phi) is 6.96. The van der Waals surface area contributed by atoms with Crippen LogP contribution < -0.4 is 10.5 Å². The number of benzene rings is 1. The molecule has 0 spiro atoms. The SMILES string of the molecule is COC1N=CC(C(=O)O)=CC1c1nc2c(n1C(C)C)[C@H](c1ccc(Cl)cc1)N(c1cc(Cl)cn(C)c1=O)C2=O. The van der Waals surface area contributed by atoms with Crippen molar-refractivity contribution in [2.75, 3.05) is 12.0 Å². The summed E-state index contributed by atoms with van der Waals surface area (Å²) in [6.07, 6.45) is 3.52. The van der Waals surface area contributed by atoms with E-state index in [-0.39, 0.29) is 23.0 Å². The molecule has 0 aliphatic carbocycles. The summed E-state index contributed by atoms with van der Waals surface area (Å²) in [5.74, 6) is -1.86.